The van der Waals surface area contributed by atoms with Crippen molar-refractivity contribution < 1.29 is 17.9 Å². The minimum Gasteiger partial charge on any atom is -0.455 e. The Hall–Kier alpha value is -2.73. The van der Waals surface area contributed by atoms with Gasteiger partial charge < -0.3 is 10.1 Å². The van der Waals surface area contributed by atoms with Crippen molar-refractivity contribution >= 4 is 22.5 Å². The Bertz CT molecular complexity index is 969. The summed E-state index contributed by atoms with van der Waals surface area (Å²) in [5, 5.41) is 4.31. The van der Waals surface area contributed by atoms with Crippen molar-refractivity contribution in [2.24, 2.45) is 0 Å². The van der Waals surface area contributed by atoms with Crippen LogP contribution in [0.5, 0.6) is 11.5 Å². The second-order valence-corrected chi connectivity index (χ2v) is 6.15. The molecular weight excluding hydrogens is 377 g/mol. The summed E-state index contributed by atoms with van der Waals surface area (Å²) < 4.78 is 43.9. The van der Waals surface area contributed by atoms with E-state index in [-0.39, 0.29) is 5.75 Å². The molecule has 0 bridgehead atoms. The first-order valence-electron chi connectivity index (χ1n) is 8.16. The van der Waals surface area contributed by atoms with Gasteiger partial charge in [-0.05, 0) is 61.2 Å². The molecule has 0 atom stereocenters. The minimum atomic E-state index is -4.39. The van der Waals surface area contributed by atoms with Crippen molar-refractivity contribution in [1.29, 1.82) is 0 Å². The SMILES string of the molecule is CC=CNCc1ccc(Oc2ccc(C(F)(F)F)cc2)c2nc(Cl)ccc12. The first-order valence-corrected chi connectivity index (χ1v) is 8.54. The van der Waals surface area contributed by atoms with Gasteiger partial charge in [-0.3, -0.25) is 0 Å². The fourth-order valence-corrected chi connectivity index (χ4v) is 2.74. The predicted octanol–water partition coefficient (Wildman–Crippen LogP) is 6.32. The molecule has 0 radical (unpaired) electrons. The average Bonchev–Trinajstić information content (AvgIpc) is 2.63. The highest BCUT2D eigenvalue weighted by atomic mass is 35.5. The highest BCUT2D eigenvalue weighted by Crippen LogP contribution is 2.34. The zero-order valence-corrected chi connectivity index (χ0v) is 15.1. The number of hydrogen-bond donors (Lipinski definition) is 1. The molecule has 0 fully saturated rings. The van der Waals surface area contributed by atoms with Gasteiger partial charge in [0, 0.05) is 11.9 Å². The van der Waals surface area contributed by atoms with Gasteiger partial charge in [-0.25, -0.2) is 4.98 Å². The molecule has 1 N–H and O–H groups in total. The van der Waals surface area contributed by atoms with Gasteiger partial charge in [-0.2, -0.15) is 13.2 Å². The molecule has 0 saturated heterocycles. The van der Waals surface area contributed by atoms with Gasteiger partial charge in [0.05, 0.1) is 5.56 Å². The average molecular weight is 393 g/mol. The van der Waals surface area contributed by atoms with Crippen LogP contribution in [0.4, 0.5) is 13.2 Å². The summed E-state index contributed by atoms with van der Waals surface area (Å²) in [4.78, 5) is 4.33. The van der Waals surface area contributed by atoms with E-state index >= 15 is 0 Å². The molecule has 140 valence electrons. The molecule has 3 rings (SSSR count). The lowest BCUT2D eigenvalue weighted by molar-refractivity contribution is -0.137. The van der Waals surface area contributed by atoms with Gasteiger partial charge in [0.25, 0.3) is 0 Å². The summed E-state index contributed by atoms with van der Waals surface area (Å²) in [6, 6.07) is 11.7. The Morgan fingerprint density at radius 1 is 1.07 bits per heavy atom. The number of benzene rings is 2. The van der Waals surface area contributed by atoms with Crippen LogP contribution in [-0.2, 0) is 12.7 Å². The molecule has 2 aromatic carbocycles. The number of alkyl halides is 3. The van der Waals surface area contributed by atoms with Crippen LogP contribution in [0.15, 0.2) is 60.8 Å². The normalized spacial score (nSPS) is 11.9. The van der Waals surface area contributed by atoms with Gasteiger partial charge in [0.1, 0.15) is 16.4 Å². The van der Waals surface area contributed by atoms with Crippen molar-refractivity contribution in [2.45, 2.75) is 19.6 Å². The van der Waals surface area contributed by atoms with Gasteiger partial charge in [0.15, 0.2) is 5.75 Å². The maximum Gasteiger partial charge on any atom is 0.416 e. The number of allylic oxidation sites excluding steroid dienone is 1. The standard InChI is InChI=1S/C20H16ClF3N2O/c1-2-11-25-12-13-3-9-17(19-16(13)8-10-18(21)26-19)27-15-6-4-14(5-7-15)20(22,23)24/h2-11,25H,12H2,1H3. The Morgan fingerprint density at radius 3 is 2.48 bits per heavy atom. The predicted molar refractivity (Wildman–Crippen MR) is 99.9 cm³/mol. The Kier molecular flexibility index (Phi) is 5.56. The van der Waals surface area contributed by atoms with Crippen LogP contribution in [0.1, 0.15) is 18.1 Å². The number of fused-ring (bicyclic) bond motifs is 1. The van der Waals surface area contributed by atoms with E-state index in [1.807, 2.05) is 31.3 Å². The summed E-state index contributed by atoms with van der Waals surface area (Å²) in [5.74, 6) is 0.702. The molecule has 1 aromatic heterocycles. The molecular formula is C20H16ClF3N2O. The monoisotopic (exact) mass is 392 g/mol. The third-order valence-electron chi connectivity index (χ3n) is 3.86. The number of rotatable bonds is 5. The van der Waals surface area contributed by atoms with Crippen molar-refractivity contribution in [3.05, 3.63) is 77.1 Å². The van der Waals surface area contributed by atoms with Gasteiger partial charge in [-0.1, -0.05) is 23.7 Å². The van der Waals surface area contributed by atoms with Crippen LogP contribution in [0.3, 0.4) is 0 Å². The lowest BCUT2D eigenvalue weighted by atomic mass is 10.1. The second kappa shape index (κ2) is 7.88. The Morgan fingerprint density at radius 2 is 1.81 bits per heavy atom. The van der Waals surface area contributed by atoms with Crippen LogP contribution in [0, 0.1) is 0 Å². The Labute approximate surface area is 159 Å². The fourth-order valence-electron chi connectivity index (χ4n) is 2.59. The molecule has 0 spiro atoms. The van der Waals surface area contributed by atoms with Crippen molar-refractivity contribution in [2.75, 3.05) is 0 Å². The molecule has 0 aliphatic heterocycles. The van der Waals surface area contributed by atoms with Crippen LogP contribution < -0.4 is 10.1 Å². The maximum absolute atomic E-state index is 12.7. The third kappa shape index (κ3) is 4.52. The molecule has 1 heterocycles. The van der Waals surface area contributed by atoms with Gasteiger partial charge in [-0.15, -0.1) is 0 Å². The summed E-state index contributed by atoms with van der Waals surface area (Å²) in [6.07, 6.45) is -0.664. The van der Waals surface area contributed by atoms with Crippen LogP contribution >= 0.6 is 11.6 Å². The molecule has 0 aliphatic rings. The summed E-state index contributed by atoms with van der Waals surface area (Å²) in [7, 11) is 0. The largest absolute Gasteiger partial charge is 0.455 e. The first-order chi connectivity index (χ1) is 12.9. The highest BCUT2D eigenvalue weighted by molar-refractivity contribution is 6.29. The molecule has 3 aromatic rings. The zero-order valence-electron chi connectivity index (χ0n) is 14.3. The summed E-state index contributed by atoms with van der Waals surface area (Å²) in [5.41, 5.74) is 0.806. The third-order valence-corrected chi connectivity index (χ3v) is 4.07. The fraction of sp³-hybridized carbons (Fsp3) is 0.150. The summed E-state index contributed by atoms with van der Waals surface area (Å²) in [6.45, 7) is 2.50. The number of nitrogens with zero attached hydrogens (tertiary/aromatic N) is 1. The highest BCUT2D eigenvalue weighted by Gasteiger charge is 2.30. The van der Waals surface area contributed by atoms with E-state index in [0.717, 1.165) is 23.1 Å². The lowest BCUT2D eigenvalue weighted by Crippen LogP contribution is -2.05. The summed E-state index contributed by atoms with van der Waals surface area (Å²) >= 11 is 6.03. The molecule has 0 amide bonds. The number of nitrogens with one attached hydrogen (secondary N) is 1. The van der Waals surface area contributed by atoms with E-state index in [9.17, 15) is 13.2 Å². The topological polar surface area (TPSA) is 34.1 Å². The molecule has 7 heteroatoms. The van der Waals surface area contributed by atoms with Gasteiger partial charge in [0.2, 0.25) is 0 Å². The van der Waals surface area contributed by atoms with Crippen LogP contribution in [-0.4, -0.2) is 4.98 Å². The second-order valence-electron chi connectivity index (χ2n) is 5.76. The molecule has 0 saturated carbocycles. The van der Waals surface area contributed by atoms with E-state index in [4.69, 9.17) is 16.3 Å². The number of hydrogen-bond acceptors (Lipinski definition) is 3. The van der Waals surface area contributed by atoms with E-state index < -0.39 is 11.7 Å². The number of ether oxygens (including phenoxy) is 1. The Balaban J connectivity index is 1.94. The van der Waals surface area contributed by atoms with E-state index in [0.29, 0.717) is 23.0 Å². The molecule has 0 unspecified atom stereocenters. The van der Waals surface area contributed by atoms with E-state index in [1.54, 1.807) is 12.1 Å². The van der Waals surface area contributed by atoms with Gasteiger partial charge >= 0.3 is 6.18 Å². The van der Waals surface area contributed by atoms with Crippen molar-refractivity contribution in [3.8, 4) is 11.5 Å². The van der Waals surface area contributed by atoms with Crippen molar-refractivity contribution in [3.63, 3.8) is 0 Å². The minimum absolute atomic E-state index is 0.283. The first kappa shape index (κ1) is 19.0. The number of pyridine rings is 1. The van der Waals surface area contributed by atoms with Crippen LogP contribution in [0.2, 0.25) is 5.15 Å². The lowest BCUT2D eigenvalue weighted by Gasteiger charge is -2.13. The molecule has 27 heavy (non-hydrogen) atoms. The smallest absolute Gasteiger partial charge is 0.416 e. The zero-order chi connectivity index (χ0) is 19.4. The molecule has 0 aliphatic carbocycles. The molecule has 3 nitrogen and oxygen atoms in total. The quantitative estimate of drug-likeness (QED) is 0.516. The van der Waals surface area contributed by atoms with Crippen LogP contribution in [0.25, 0.3) is 10.9 Å². The maximum atomic E-state index is 12.7. The van der Waals surface area contributed by atoms with Crippen molar-refractivity contribution in [1.82, 2.24) is 10.3 Å². The van der Waals surface area contributed by atoms with E-state index in [2.05, 4.69) is 10.3 Å². The van der Waals surface area contributed by atoms with E-state index in [1.165, 1.54) is 12.1 Å². The number of halogens is 4. The number of aromatic nitrogens is 1.